The maximum atomic E-state index is 13.4. The molecule has 13 heteroatoms. The van der Waals surface area contributed by atoms with Crippen LogP contribution in [0.25, 0.3) is 5.82 Å². The largest absolute Gasteiger partial charge is 0.416 e. The van der Waals surface area contributed by atoms with E-state index in [-0.39, 0.29) is 29.2 Å². The molecule has 182 valence electrons. The van der Waals surface area contributed by atoms with Crippen LogP contribution in [0.3, 0.4) is 0 Å². The normalized spacial score (nSPS) is 18.6. The van der Waals surface area contributed by atoms with E-state index < -0.39 is 47.3 Å². The third-order valence-corrected chi connectivity index (χ3v) is 5.60. The minimum Gasteiger partial charge on any atom is -0.342 e. The van der Waals surface area contributed by atoms with Gasteiger partial charge in [0.25, 0.3) is 5.91 Å². The molecule has 1 fully saturated rings. The molecule has 3 atom stereocenters. The Morgan fingerprint density at radius 3 is 2.57 bits per heavy atom. The van der Waals surface area contributed by atoms with Gasteiger partial charge in [0.2, 0.25) is 0 Å². The monoisotopic (exact) mass is 494 g/mol. The van der Waals surface area contributed by atoms with E-state index in [9.17, 15) is 36.4 Å². The van der Waals surface area contributed by atoms with E-state index in [1.807, 2.05) is 6.07 Å². The van der Waals surface area contributed by atoms with Crippen LogP contribution in [0.1, 0.15) is 58.2 Å². The van der Waals surface area contributed by atoms with E-state index in [4.69, 9.17) is 0 Å². The number of nitrogens with one attached hydrogen (secondary N) is 1. The zero-order chi connectivity index (χ0) is 25.5. The van der Waals surface area contributed by atoms with E-state index >= 15 is 0 Å². The van der Waals surface area contributed by atoms with Gasteiger partial charge in [-0.15, -0.1) is 0 Å². The Morgan fingerprint density at radius 1 is 1.20 bits per heavy atom. The molecule has 1 aliphatic carbocycles. The highest BCUT2D eigenvalue weighted by molar-refractivity contribution is 5.95. The number of hydrogen-bond acceptors (Lipinski definition) is 5. The van der Waals surface area contributed by atoms with Gasteiger partial charge in [0, 0.05) is 11.8 Å². The number of carbonyl (C=O) groups is 1. The zero-order valence-corrected chi connectivity index (χ0v) is 17.9. The topological polar surface area (TPSA) is 96.5 Å². The number of aromatic nitrogens is 4. The molecule has 1 aliphatic rings. The minimum absolute atomic E-state index is 0.136. The summed E-state index contributed by atoms with van der Waals surface area (Å²) >= 11 is 0. The number of nitriles is 1. The van der Waals surface area contributed by atoms with Gasteiger partial charge in [0.15, 0.2) is 11.6 Å². The number of pyridine rings is 1. The molecule has 1 amide bonds. The molecule has 2 heterocycles. The Bertz CT molecular complexity index is 1310. The average molecular weight is 494 g/mol. The van der Waals surface area contributed by atoms with Gasteiger partial charge in [-0.05, 0) is 55.2 Å². The molecule has 2 aromatic heterocycles. The molecule has 3 unspecified atom stereocenters. The van der Waals surface area contributed by atoms with Crippen LogP contribution in [0, 0.1) is 17.2 Å². The lowest BCUT2D eigenvalue weighted by molar-refractivity contribution is -0.148. The Balaban J connectivity index is 1.62. The minimum atomic E-state index is -4.86. The van der Waals surface area contributed by atoms with Crippen molar-refractivity contribution in [1.82, 2.24) is 25.1 Å². The summed E-state index contributed by atoms with van der Waals surface area (Å²) in [7, 11) is 0. The second-order valence-electron chi connectivity index (χ2n) is 8.04. The molecular weight excluding hydrogens is 478 g/mol. The fourth-order valence-corrected chi connectivity index (χ4v) is 3.79. The molecule has 0 bridgehead atoms. The molecule has 3 aromatic rings. The first-order chi connectivity index (χ1) is 16.4. The van der Waals surface area contributed by atoms with E-state index in [0.717, 1.165) is 12.4 Å². The molecule has 0 radical (unpaired) electrons. The van der Waals surface area contributed by atoms with Crippen LogP contribution in [0.15, 0.2) is 42.9 Å². The molecule has 1 saturated carbocycles. The molecule has 0 saturated heterocycles. The summed E-state index contributed by atoms with van der Waals surface area (Å²) in [6.45, 7) is 1.49. The van der Waals surface area contributed by atoms with Crippen LogP contribution in [-0.2, 0) is 6.18 Å². The van der Waals surface area contributed by atoms with E-state index in [2.05, 4.69) is 20.4 Å². The number of amides is 1. The van der Waals surface area contributed by atoms with Gasteiger partial charge in [0.05, 0.1) is 23.1 Å². The number of halogens is 6. The fraction of sp³-hybridized carbons (Fsp3) is 0.318. The van der Waals surface area contributed by atoms with Crippen LogP contribution < -0.4 is 5.32 Å². The predicted molar refractivity (Wildman–Crippen MR) is 108 cm³/mol. The first-order valence-corrected chi connectivity index (χ1v) is 10.2. The number of nitrogens with zero attached hydrogens (tertiary/aromatic N) is 5. The Labute approximate surface area is 194 Å². The molecule has 0 spiro atoms. The Kier molecular flexibility index (Phi) is 6.00. The summed E-state index contributed by atoms with van der Waals surface area (Å²) in [5, 5.41) is 15.8. The van der Waals surface area contributed by atoms with Gasteiger partial charge in [-0.25, -0.2) is 9.97 Å². The Morgan fingerprint density at radius 2 is 1.94 bits per heavy atom. The van der Waals surface area contributed by atoms with E-state index in [0.29, 0.717) is 12.1 Å². The van der Waals surface area contributed by atoms with Crippen molar-refractivity contribution < 1.29 is 31.1 Å². The lowest BCUT2D eigenvalue weighted by Gasteiger charge is -2.17. The quantitative estimate of drug-likeness (QED) is 0.519. The maximum Gasteiger partial charge on any atom is 0.416 e. The van der Waals surface area contributed by atoms with Crippen molar-refractivity contribution in [2.45, 2.75) is 37.7 Å². The van der Waals surface area contributed by atoms with Crippen molar-refractivity contribution in [2.75, 3.05) is 0 Å². The molecule has 35 heavy (non-hydrogen) atoms. The maximum absolute atomic E-state index is 13.4. The van der Waals surface area contributed by atoms with Crippen molar-refractivity contribution in [2.24, 2.45) is 5.92 Å². The van der Waals surface area contributed by atoms with Crippen LogP contribution in [0.5, 0.6) is 0 Å². The van der Waals surface area contributed by atoms with Crippen LogP contribution in [-0.4, -0.2) is 31.8 Å². The second-order valence-corrected chi connectivity index (χ2v) is 8.04. The lowest BCUT2D eigenvalue weighted by atomic mass is 10.0. The smallest absolute Gasteiger partial charge is 0.342 e. The first kappa shape index (κ1) is 24.2. The lowest BCUT2D eigenvalue weighted by Crippen LogP contribution is -2.29. The van der Waals surface area contributed by atoms with Crippen LogP contribution >= 0.6 is 0 Å². The van der Waals surface area contributed by atoms with Crippen molar-refractivity contribution in [3.63, 3.8) is 0 Å². The summed E-state index contributed by atoms with van der Waals surface area (Å²) < 4.78 is 80.4. The third-order valence-electron chi connectivity index (χ3n) is 5.60. The zero-order valence-electron chi connectivity index (χ0n) is 17.9. The highest BCUT2D eigenvalue weighted by atomic mass is 19.4. The van der Waals surface area contributed by atoms with Crippen molar-refractivity contribution in [3.8, 4) is 11.9 Å². The van der Waals surface area contributed by atoms with Crippen molar-refractivity contribution in [1.29, 1.82) is 5.26 Å². The molecular formula is C22H16F6N6O. The van der Waals surface area contributed by atoms with E-state index in [1.54, 1.807) is 0 Å². The van der Waals surface area contributed by atoms with Crippen LogP contribution in [0.2, 0.25) is 0 Å². The highest BCUT2D eigenvalue weighted by Gasteiger charge is 2.56. The third kappa shape index (κ3) is 4.96. The summed E-state index contributed by atoms with van der Waals surface area (Å²) in [5.74, 6) is -3.55. The SMILES string of the molecule is CC(NC(=O)c1cc(C2CC2C(F)(F)F)cc(C(F)(F)F)c1)c1ncnn1-c1ncccc1C#N. The molecule has 1 N–H and O–H groups in total. The van der Waals surface area contributed by atoms with Crippen LogP contribution in [0.4, 0.5) is 26.3 Å². The van der Waals surface area contributed by atoms with Gasteiger partial charge in [-0.3, -0.25) is 4.79 Å². The summed E-state index contributed by atoms with van der Waals surface area (Å²) in [4.78, 5) is 21.0. The fourth-order valence-electron chi connectivity index (χ4n) is 3.79. The number of rotatable bonds is 5. The number of alkyl halides is 6. The second kappa shape index (κ2) is 8.68. The highest BCUT2D eigenvalue weighted by Crippen LogP contribution is 2.56. The summed E-state index contributed by atoms with van der Waals surface area (Å²) in [6.07, 6.45) is -7.15. The predicted octanol–water partition coefficient (Wildman–Crippen LogP) is 4.71. The molecule has 7 nitrogen and oxygen atoms in total. The van der Waals surface area contributed by atoms with Gasteiger partial charge >= 0.3 is 12.4 Å². The Hall–Kier alpha value is -3.95. The van der Waals surface area contributed by atoms with Gasteiger partial charge in [0.1, 0.15) is 12.4 Å². The van der Waals surface area contributed by atoms with Gasteiger partial charge in [-0.1, -0.05) is 0 Å². The first-order valence-electron chi connectivity index (χ1n) is 10.2. The van der Waals surface area contributed by atoms with Crippen molar-refractivity contribution >= 4 is 5.91 Å². The molecule has 4 rings (SSSR count). The average Bonchev–Trinajstić information content (AvgIpc) is 3.48. The molecule has 0 aliphatic heterocycles. The van der Waals surface area contributed by atoms with Gasteiger partial charge in [-0.2, -0.15) is 41.4 Å². The summed E-state index contributed by atoms with van der Waals surface area (Å²) in [5.41, 5.74) is -1.67. The standard InChI is InChI=1S/C22H16F6N6O/c1-11(18-31-10-32-34(18)19-12(9-29)3-2-4-30-19)33-20(35)14-5-13(6-15(7-14)21(23,24)25)16-8-17(16)22(26,27)28/h2-7,10-11,16-17H,8H2,1H3,(H,33,35). The van der Waals surface area contributed by atoms with E-state index in [1.165, 1.54) is 29.9 Å². The summed E-state index contributed by atoms with van der Waals surface area (Å²) in [6, 6.07) is 6.37. The number of hydrogen-bond donors (Lipinski definition) is 1. The number of benzene rings is 1. The van der Waals surface area contributed by atoms with Crippen molar-refractivity contribution in [3.05, 3.63) is 70.9 Å². The number of carbonyl (C=O) groups excluding carboxylic acids is 1. The molecule has 1 aromatic carbocycles. The van der Waals surface area contributed by atoms with Gasteiger partial charge < -0.3 is 5.32 Å².